The molecule has 0 spiro atoms. The smallest absolute Gasteiger partial charge is 0.333 e. The van der Waals surface area contributed by atoms with Crippen molar-refractivity contribution < 1.29 is 19.4 Å². The summed E-state index contributed by atoms with van der Waals surface area (Å²) < 4.78 is 5.63. The minimum Gasteiger partial charge on any atom is -0.492 e. The normalized spacial score (nSPS) is 18.0. The Bertz CT molecular complexity index is 834. The third kappa shape index (κ3) is 3.07. The molecule has 0 radical (unpaired) electrons. The number of nitrogens with one attached hydrogen (secondary N) is 1. The highest BCUT2D eigenvalue weighted by Crippen LogP contribution is 2.36. The van der Waals surface area contributed by atoms with E-state index < -0.39 is 17.4 Å². The molecule has 6 heteroatoms. The average molecular weight is 360 g/mol. The van der Waals surface area contributed by atoms with Crippen molar-refractivity contribution in [3.63, 3.8) is 0 Å². The summed E-state index contributed by atoms with van der Waals surface area (Å²) in [5.41, 5.74) is 0.133. The van der Waals surface area contributed by atoms with Crippen molar-refractivity contribution in [1.82, 2.24) is 5.32 Å². The minimum absolute atomic E-state index is 0.199. The first kappa shape index (κ1) is 17.3. The molecule has 2 aromatic carbocycles. The molecule has 1 aliphatic rings. The van der Waals surface area contributed by atoms with Gasteiger partial charge in [0.05, 0.1) is 12.2 Å². The summed E-state index contributed by atoms with van der Waals surface area (Å²) >= 11 is 5.87. The van der Waals surface area contributed by atoms with E-state index >= 15 is 0 Å². The lowest BCUT2D eigenvalue weighted by atomic mass is 9.91. The van der Waals surface area contributed by atoms with Crippen LogP contribution in [0.15, 0.2) is 42.5 Å². The van der Waals surface area contributed by atoms with Crippen molar-refractivity contribution in [1.29, 1.82) is 0 Å². The summed E-state index contributed by atoms with van der Waals surface area (Å²) in [4.78, 5) is 24.7. The number of halogens is 1. The van der Waals surface area contributed by atoms with Crippen LogP contribution in [0.5, 0.6) is 5.75 Å². The molecule has 2 aromatic rings. The molecule has 2 N–H and O–H groups in total. The molecule has 0 aromatic heterocycles. The van der Waals surface area contributed by atoms with Gasteiger partial charge in [0.2, 0.25) is 0 Å². The van der Waals surface area contributed by atoms with E-state index in [1.54, 1.807) is 36.4 Å². The van der Waals surface area contributed by atoms with Crippen molar-refractivity contribution in [2.45, 2.75) is 25.3 Å². The van der Waals surface area contributed by atoms with E-state index in [1.807, 2.05) is 13.0 Å². The lowest BCUT2D eigenvalue weighted by molar-refractivity contribution is -0.144. The zero-order chi connectivity index (χ0) is 18.2. The molecule has 2 atom stereocenters. The van der Waals surface area contributed by atoms with E-state index in [-0.39, 0.29) is 5.92 Å². The summed E-state index contributed by atoms with van der Waals surface area (Å²) in [5, 5.41) is 12.8. The summed E-state index contributed by atoms with van der Waals surface area (Å²) in [6.45, 7) is 3.97. The van der Waals surface area contributed by atoms with Gasteiger partial charge in [-0.15, -0.1) is 0 Å². The van der Waals surface area contributed by atoms with Crippen LogP contribution in [0.2, 0.25) is 5.02 Å². The monoisotopic (exact) mass is 359 g/mol. The number of ether oxygens (including phenoxy) is 1. The molecular weight excluding hydrogens is 342 g/mol. The van der Waals surface area contributed by atoms with Gasteiger partial charge < -0.3 is 15.2 Å². The predicted octanol–water partition coefficient (Wildman–Crippen LogP) is 3.57. The van der Waals surface area contributed by atoms with E-state index in [1.165, 1.54) is 6.92 Å². The van der Waals surface area contributed by atoms with Gasteiger partial charge in [-0.05, 0) is 30.7 Å². The van der Waals surface area contributed by atoms with Gasteiger partial charge in [0.1, 0.15) is 5.75 Å². The molecule has 2 unspecified atom stereocenters. The van der Waals surface area contributed by atoms with E-state index in [2.05, 4.69) is 5.32 Å². The maximum atomic E-state index is 12.8. The van der Waals surface area contributed by atoms with E-state index in [4.69, 9.17) is 16.3 Å². The zero-order valence-corrected chi connectivity index (χ0v) is 14.6. The SMILES string of the molecule is CC1COc2c(C(=O)NC(C)(C(=O)O)c3ccc(Cl)cc3)cccc21. The van der Waals surface area contributed by atoms with Crippen LogP contribution in [0, 0.1) is 0 Å². The van der Waals surface area contributed by atoms with Gasteiger partial charge in [-0.2, -0.15) is 0 Å². The van der Waals surface area contributed by atoms with Crippen LogP contribution in [0.4, 0.5) is 0 Å². The molecule has 25 heavy (non-hydrogen) atoms. The first-order valence-corrected chi connectivity index (χ1v) is 8.28. The fourth-order valence-corrected chi connectivity index (χ4v) is 3.03. The lowest BCUT2D eigenvalue weighted by Crippen LogP contribution is -2.49. The van der Waals surface area contributed by atoms with Gasteiger partial charge in [0, 0.05) is 16.5 Å². The summed E-state index contributed by atoms with van der Waals surface area (Å²) in [6, 6.07) is 11.7. The van der Waals surface area contributed by atoms with Crippen LogP contribution >= 0.6 is 11.6 Å². The number of carbonyl (C=O) groups is 2. The molecule has 3 rings (SSSR count). The molecule has 1 amide bonds. The summed E-state index contributed by atoms with van der Waals surface area (Å²) in [6.07, 6.45) is 0. The van der Waals surface area contributed by atoms with Crippen LogP contribution in [-0.4, -0.2) is 23.6 Å². The number of hydrogen-bond acceptors (Lipinski definition) is 3. The van der Waals surface area contributed by atoms with Gasteiger partial charge in [0.25, 0.3) is 5.91 Å². The first-order chi connectivity index (χ1) is 11.8. The number of carboxylic acid groups (broad SMARTS) is 1. The second-order valence-corrected chi connectivity index (χ2v) is 6.76. The van der Waals surface area contributed by atoms with Crippen LogP contribution in [0.1, 0.15) is 41.3 Å². The number of carbonyl (C=O) groups excluding carboxylic acids is 1. The third-order valence-electron chi connectivity index (χ3n) is 4.51. The quantitative estimate of drug-likeness (QED) is 0.875. The number of hydrogen-bond donors (Lipinski definition) is 2. The van der Waals surface area contributed by atoms with Crippen molar-refractivity contribution in [2.24, 2.45) is 0 Å². The second-order valence-electron chi connectivity index (χ2n) is 6.33. The third-order valence-corrected chi connectivity index (χ3v) is 4.76. The predicted molar refractivity (Wildman–Crippen MR) is 94.3 cm³/mol. The zero-order valence-electron chi connectivity index (χ0n) is 13.9. The van der Waals surface area contributed by atoms with Gasteiger partial charge in [-0.1, -0.05) is 42.8 Å². The van der Waals surface area contributed by atoms with Gasteiger partial charge in [0.15, 0.2) is 5.54 Å². The van der Waals surface area contributed by atoms with Gasteiger partial charge >= 0.3 is 5.97 Å². The molecule has 0 aliphatic carbocycles. The van der Waals surface area contributed by atoms with E-state index in [0.717, 1.165) is 5.56 Å². The maximum Gasteiger partial charge on any atom is 0.333 e. The lowest BCUT2D eigenvalue weighted by Gasteiger charge is -2.27. The van der Waals surface area contributed by atoms with Gasteiger partial charge in [-0.3, -0.25) is 4.79 Å². The van der Waals surface area contributed by atoms with Crippen LogP contribution < -0.4 is 10.1 Å². The summed E-state index contributed by atoms with van der Waals surface area (Å²) in [7, 11) is 0. The molecule has 0 bridgehead atoms. The number of carboxylic acids is 1. The number of benzene rings is 2. The van der Waals surface area contributed by atoms with E-state index in [9.17, 15) is 14.7 Å². The molecule has 5 nitrogen and oxygen atoms in total. The number of rotatable bonds is 4. The van der Waals surface area contributed by atoms with Crippen LogP contribution in [0.25, 0.3) is 0 Å². The number of fused-ring (bicyclic) bond motifs is 1. The average Bonchev–Trinajstić information content (AvgIpc) is 2.96. The molecule has 1 aliphatic heterocycles. The molecule has 0 saturated heterocycles. The Morgan fingerprint density at radius 2 is 1.92 bits per heavy atom. The molecule has 0 fully saturated rings. The Morgan fingerprint density at radius 3 is 2.56 bits per heavy atom. The van der Waals surface area contributed by atoms with Gasteiger partial charge in [-0.25, -0.2) is 4.79 Å². The Hall–Kier alpha value is -2.53. The van der Waals surface area contributed by atoms with Crippen LogP contribution in [-0.2, 0) is 10.3 Å². The standard InChI is InChI=1S/C19H18ClNO4/c1-11-10-25-16-14(11)4-3-5-15(16)17(22)21-19(2,18(23)24)12-6-8-13(20)9-7-12/h3-9,11H,10H2,1-2H3,(H,21,22)(H,23,24). The fourth-order valence-electron chi connectivity index (χ4n) is 2.91. The topological polar surface area (TPSA) is 75.6 Å². The van der Waals surface area contributed by atoms with Crippen molar-refractivity contribution >= 4 is 23.5 Å². The second kappa shape index (κ2) is 6.41. The number of aliphatic carboxylic acids is 1. The number of para-hydroxylation sites is 1. The van der Waals surface area contributed by atoms with Crippen molar-refractivity contribution in [3.05, 3.63) is 64.2 Å². The first-order valence-electron chi connectivity index (χ1n) is 7.90. The Balaban J connectivity index is 1.95. The molecule has 130 valence electrons. The molecule has 0 saturated carbocycles. The highest BCUT2D eigenvalue weighted by molar-refractivity contribution is 6.30. The molecular formula is C19H18ClNO4. The summed E-state index contributed by atoms with van der Waals surface area (Å²) in [5.74, 6) is -0.933. The highest BCUT2D eigenvalue weighted by Gasteiger charge is 2.38. The Morgan fingerprint density at radius 1 is 1.24 bits per heavy atom. The maximum absolute atomic E-state index is 12.8. The Labute approximate surface area is 150 Å². The number of amides is 1. The van der Waals surface area contributed by atoms with Crippen molar-refractivity contribution in [3.8, 4) is 5.75 Å². The van der Waals surface area contributed by atoms with E-state index in [0.29, 0.717) is 28.5 Å². The minimum atomic E-state index is -1.59. The highest BCUT2D eigenvalue weighted by atomic mass is 35.5. The largest absolute Gasteiger partial charge is 0.492 e. The van der Waals surface area contributed by atoms with Crippen molar-refractivity contribution in [2.75, 3.05) is 6.61 Å². The Kier molecular flexibility index (Phi) is 4.43. The fraction of sp³-hybridized carbons (Fsp3) is 0.263. The van der Waals surface area contributed by atoms with Crippen LogP contribution in [0.3, 0.4) is 0 Å². The molecule has 1 heterocycles.